The lowest BCUT2D eigenvalue weighted by atomic mass is 10.1. The van der Waals surface area contributed by atoms with Crippen LogP contribution < -0.4 is 4.74 Å². The minimum atomic E-state index is 0.856. The van der Waals surface area contributed by atoms with Crippen LogP contribution in [0.3, 0.4) is 0 Å². The Kier molecular flexibility index (Phi) is 4.24. The smallest absolute Gasteiger partial charge is 0.127 e. The van der Waals surface area contributed by atoms with Gasteiger partial charge in [-0.2, -0.15) is 0 Å². The van der Waals surface area contributed by atoms with Crippen molar-refractivity contribution in [3.63, 3.8) is 0 Å². The summed E-state index contributed by atoms with van der Waals surface area (Å²) < 4.78 is 5.84. The van der Waals surface area contributed by atoms with Crippen molar-refractivity contribution in [3.8, 4) is 11.5 Å². The molecule has 0 fully saturated rings. The second-order valence-electron chi connectivity index (χ2n) is 6.08. The van der Waals surface area contributed by atoms with E-state index in [1.807, 2.05) is 54.6 Å². The van der Waals surface area contributed by atoms with Crippen molar-refractivity contribution >= 4 is 11.6 Å². The number of halogens is 1. The minimum absolute atomic E-state index is 0.856. The van der Waals surface area contributed by atoms with Gasteiger partial charge in [0.25, 0.3) is 0 Å². The second kappa shape index (κ2) is 6.68. The zero-order valence-corrected chi connectivity index (χ0v) is 14.0. The molecule has 2 nitrogen and oxygen atoms in total. The third kappa shape index (κ3) is 3.30. The highest BCUT2D eigenvalue weighted by Crippen LogP contribution is 2.30. The van der Waals surface area contributed by atoms with E-state index in [4.69, 9.17) is 16.3 Å². The molecule has 3 heteroatoms. The van der Waals surface area contributed by atoms with E-state index in [9.17, 15) is 0 Å². The Balaban J connectivity index is 1.41. The van der Waals surface area contributed by atoms with Gasteiger partial charge in [-0.1, -0.05) is 54.1 Å². The van der Waals surface area contributed by atoms with Gasteiger partial charge in [-0.05, 0) is 47.0 Å². The van der Waals surface area contributed by atoms with Crippen LogP contribution in [-0.4, -0.2) is 4.90 Å². The zero-order chi connectivity index (χ0) is 16.4. The zero-order valence-electron chi connectivity index (χ0n) is 13.3. The first-order valence-corrected chi connectivity index (χ1v) is 8.46. The summed E-state index contributed by atoms with van der Waals surface area (Å²) in [4.78, 5) is 2.41. The van der Waals surface area contributed by atoms with Gasteiger partial charge in [0, 0.05) is 24.7 Å². The highest BCUT2D eigenvalue weighted by atomic mass is 35.5. The molecule has 120 valence electrons. The number of fused-ring (bicyclic) bond motifs is 1. The molecule has 0 atom stereocenters. The van der Waals surface area contributed by atoms with Crippen LogP contribution in [0, 0.1) is 0 Å². The molecule has 3 aromatic carbocycles. The summed E-state index contributed by atoms with van der Waals surface area (Å²) in [6.45, 7) is 2.78. The summed E-state index contributed by atoms with van der Waals surface area (Å²) in [7, 11) is 0. The number of ether oxygens (including phenoxy) is 1. The average molecular weight is 336 g/mol. The molecule has 0 saturated carbocycles. The monoisotopic (exact) mass is 335 g/mol. The Morgan fingerprint density at radius 1 is 0.792 bits per heavy atom. The predicted octanol–water partition coefficient (Wildman–Crippen LogP) is 5.65. The molecule has 1 aliphatic rings. The van der Waals surface area contributed by atoms with Crippen molar-refractivity contribution in [2.24, 2.45) is 0 Å². The van der Waals surface area contributed by atoms with Gasteiger partial charge in [0.2, 0.25) is 0 Å². The normalized spacial score (nSPS) is 13.7. The van der Waals surface area contributed by atoms with Gasteiger partial charge >= 0.3 is 0 Å². The molecule has 0 N–H and O–H groups in total. The van der Waals surface area contributed by atoms with E-state index in [1.165, 1.54) is 16.7 Å². The molecule has 1 heterocycles. The van der Waals surface area contributed by atoms with Crippen LogP contribution in [0.2, 0.25) is 5.02 Å². The van der Waals surface area contributed by atoms with E-state index in [-0.39, 0.29) is 0 Å². The molecule has 0 radical (unpaired) electrons. The number of hydrogen-bond acceptors (Lipinski definition) is 2. The van der Waals surface area contributed by atoms with E-state index in [2.05, 4.69) is 23.1 Å². The second-order valence-corrected chi connectivity index (χ2v) is 6.49. The number of para-hydroxylation sites is 1. The van der Waals surface area contributed by atoms with E-state index in [0.717, 1.165) is 36.2 Å². The molecule has 0 saturated heterocycles. The van der Waals surface area contributed by atoms with E-state index >= 15 is 0 Å². The number of rotatable bonds is 4. The number of benzene rings is 3. The fraction of sp³-hybridized carbons (Fsp3) is 0.143. The first-order valence-electron chi connectivity index (χ1n) is 8.08. The summed E-state index contributed by atoms with van der Waals surface area (Å²) in [5.74, 6) is 1.72. The SMILES string of the molecule is Clc1cccc2c1CN(Cc1ccc(Oc3ccccc3)cc1)C2. The van der Waals surface area contributed by atoms with Crippen LogP contribution in [0.25, 0.3) is 0 Å². The molecular weight excluding hydrogens is 318 g/mol. The fourth-order valence-electron chi connectivity index (χ4n) is 3.11. The van der Waals surface area contributed by atoms with Crippen molar-refractivity contribution in [1.29, 1.82) is 0 Å². The molecule has 0 unspecified atom stereocenters. The summed E-state index contributed by atoms with van der Waals surface area (Å²) in [6.07, 6.45) is 0. The van der Waals surface area contributed by atoms with Crippen molar-refractivity contribution in [3.05, 3.63) is 94.5 Å². The lowest BCUT2D eigenvalue weighted by molar-refractivity contribution is 0.275. The molecule has 0 aromatic heterocycles. The third-order valence-electron chi connectivity index (χ3n) is 4.30. The van der Waals surface area contributed by atoms with E-state index in [1.54, 1.807) is 0 Å². The van der Waals surface area contributed by atoms with Crippen molar-refractivity contribution in [2.75, 3.05) is 0 Å². The standard InChI is InChI=1S/C21H18ClNO/c22-21-8-4-5-17-14-23(15-20(17)21)13-16-9-11-19(12-10-16)24-18-6-2-1-3-7-18/h1-12H,13-15H2. The number of nitrogens with zero attached hydrogens (tertiary/aromatic N) is 1. The van der Waals surface area contributed by atoms with Gasteiger partial charge in [-0.15, -0.1) is 0 Å². The molecular formula is C21H18ClNO. The van der Waals surface area contributed by atoms with Crippen molar-refractivity contribution < 1.29 is 4.74 Å². The first-order chi connectivity index (χ1) is 11.8. The largest absolute Gasteiger partial charge is 0.457 e. The van der Waals surface area contributed by atoms with Crippen molar-refractivity contribution in [2.45, 2.75) is 19.6 Å². The summed E-state index contributed by atoms with van der Waals surface area (Å²) in [6, 6.07) is 24.3. The van der Waals surface area contributed by atoms with Gasteiger partial charge in [0.05, 0.1) is 0 Å². The maximum atomic E-state index is 6.29. The van der Waals surface area contributed by atoms with Gasteiger partial charge < -0.3 is 4.74 Å². The van der Waals surface area contributed by atoms with E-state index < -0.39 is 0 Å². The van der Waals surface area contributed by atoms with Gasteiger partial charge in [-0.25, -0.2) is 0 Å². The highest BCUT2D eigenvalue weighted by Gasteiger charge is 2.20. The molecule has 4 rings (SSSR count). The van der Waals surface area contributed by atoms with Gasteiger partial charge in [-0.3, -0.25) is 4.90 Å². The predicted molar refractivity (Wildman–Crippen MR) is 97.4 cm³/mol. The molecule has 3 aromatic rings. The molecule has 24 heavy (non-hydrogen) atoms. The molecule has 0 spiro atoms. The van der Waals surface area contributed by atoms with Crippen LogP contribution in [0.5, 0.6) is 11.5 Å². The molecule has 0 amide bonds. The highest BCUT2D eigenvalue weighted by molar-refractivity contribution is 6.31. The van der Waals surface area contributed by atoms with Crippen LogP contribution in [0.15, 0.2) is 72.8 Å². The molecule has 0 aliphatic carbocycles. The maximum Gasteiger partial charge on any atom is 0.127 e. The number of hydrogen-bond donors (Lipinski definition) is 0. The van der Waals surface area contributed by atoms with Crippen LogP contribution in [0.4, 0.5) is 0 Å². The summed E-state index contributed by atoms with van der Waals surface area (Å²) >= 11 is 6.29. The fourth-order valence-corrected chi connectivity index (χ4v) is 3.36. The maximum absolute atomic E-state index is 6.29. The summed E-state index contributed by atoms with van der Waals surface area (Å²) in [5, 5.41) is 0.876. The first kappa shape index (κ1) is 15.3. The van der Waals surface area contributed by atoms with Gasteiger partial charge in [0.1, 0.15) is 11.5 Å². The molecule has 1 aliphatic heterocycles. The topological polar surface area (TPSA) is 12.5 Å². The van der Waals surface area contributed by atoms with Crippen LogP contribution in [-0.2, 0) is 19.6 Å². The minimum Gasteiger partial charge on any atom is -0.457 e. The quantitative estimate of drug-likeness (QED) is 0.611. The Morgan fingerprint density at radius 2 is 1.54 bits per heavy atom. The Labute approximate surface area is 147 Å². The summed E-state index contributed by atoms with van der Waals surface area (Å²) in [5.41, 5.74) is 3.88. The van der Waals surface area contributed by atoms with Crippen LogP contribution >= 0.6 is 11.6 Å². The lowest BCUT2D eigenvalue weighted by Gasteiger charge is -2.15. The van der Waals surface area contributed by atoms with Crippen LogP contribution in [0.1, 0.15) is 16.7 Å². The Morgan fingerprint density at radius 3 is 2.29 bits per heavy atom. The molecule has 0 bridgehead atoms. The Bertz CT molecular complexity index is 830. The van der Waals surface area contributed by atoms with Gasteiger partial charge in [0.15, 0.2) is 0 Å². The average Bonchev–Trinajstić information content (AvgIpc) is 3.02. The third-order valence-corrected chi connectivity index (χ3v) is 4.65. The van der Waals surface area contributed by atoms with E-state index in [0.29, 0.717) is 0 Å². The lowest BCUT2D eigenvalue weighted by Crippen LogP contribution is -2.15. The van der Waals surface area contributed by atoms with Crippen molar-refractivity contribution in [1.82, 2.24) is 4.90 Å². The Hall–Kier alpha value is -2.29.